The fraction of sp³-hybridized carbons (Fsp3) is 0.0556. The van der Waals surface area contributed by atoms with Crippen molar-refractivity contribution in [1.82, 2.24) is 19.7 Å². The van der Waals surface area contributed by atoms with E-state index in [4.69, 9.17) is 4.98 Å². The molecule has 0 N–H and O–H groups in total. The van der Waals surface area contributed by atoms with Crippen molar-refractivity contribution >= 4 is 23.3 Å². The van der Waals surface area contributed by atoms with Gasteiger partial charge in [0.2, 0.25) is 0 Å². The van der Waals surface area contributed by atoms with Gasteiger partial charge in [-0.05, 0) is 36.8 Å². The molecule has 0 amide bonds. The molecule has 0 radical (unpaired) electrons. The fourth-order valence-electron chi connectivity index (χ4n) is 2.62. The molecule has 4 aromatic rings. The van der Waals surface area contributed by atoms with Crippen LogP contribution in [0.5, 0.6) is 0 Å². The third-order valence-electron chi connectivity index (χ3n) is 3.77. The summed E-state index contributed by atoms with van der Waals surface area (Å²) in [6.07, 6.45) is 3.22. The Labute approximate surface area is 140 Å². The summed E-state index contributed by atoms with van der Waals surface area (Å²) in [5.74, 6) is 0. The lowest BCUT2D eigenvalue weighted by molar-refractivity contribution is 0.879. The van der Waals surface area contributed by atoms with Crippen LogP contribution in [0, 0.1) is 6.92 Å². The molecule has 23 heavy (non-hydrogen) atoms. The number of fused-ring (bicyclic) bond motifs is 1. The molecule has 4 rings (SSSR count). The average molecular weight is 323 g/mol. The number of benzene rings is 2. The molecule has 114 valence electrons. The maximum atomic E-state index is 4.76. The molecule has 0 spiro atoms. The summed E-state index contributed by atoms with van der Waals surface area (Å²) < 4.78 is 1.74. The van der Waals surface area contributed by atoms with E-state index < -0.39 is 0 Å². The second kappa shape index (κ2) is 6.18. The van der Waals surface area contributed by atoms with Gasteiger partial charge in [-0.2, -0.15) is 5.10 Å². The SMILES string of the molecule is Cc1cc(-c2ccc(-n3cncn3)cc2)nc2ccccc12.Cl. The first-order valence-corrected chi connectivity index (χ1v) is 7.13. The molecule has 0 atom stereocenters. The van der Waals surface area contributed by atoms with E-state index >= 15 is 0 Å². The maximum Gasteiger partial charge on any atom is 0.138 e. The van der Waals surface area contributed by atoms with E-state index in [9.17, 15) is 0 Å². The van der Waals surface area contributed by atoms with Crippen molar-refractivity contribution in [2.24, 2.45) is 0 Å². The van der Waals surface area contributed by atoms with E-state index in [1.807, 2.05) is 24.3 Å². The number of hydrogen-bond donors (Lipinski definition) is 0. The molecule has 2 aromatic heterocycles. The third-order valence-corrected chi connectivity index (χ3v) is 3.77. The van der Waals surface area contributed by atoms with Crippen LogP contribution in [0.25, 0.3) is 27.8 Å². The van der Waals surface area contributed by atoms with Gasteiger partial charge in [0.1, 0.15) is 12.7 Å². The Kier molecular flexibility index (Phi) is 4.08. The van der Waals surface area contributed by atoms with Gasteiger partial charge in [-0.15, -0.1) is 12.4 Å². The van der Waals surface area contributed by atoms with Gasteiger partial charge < -0.3 is 0 Å². The highest BCUT2D eigenvalue weighted by molar-refractivity contribution is 5.85. The molecule has 0 bridgehead atoms. The maximum absolute atomic E-state index is 4.76. The Morgan fingerprint density at radius 3 is 2.48 bits per heavy atom. The van der Waals surface area contributed by atoms with Crippen molar-refractivity contribution in [3.8, 4) is 16.9 Å². The Morgan fingerprint density at radius 1 is 0.957 bits per heavy atom. The molecular weight excluding hydrogens is 308 g/mol. The van der Waals surface area contributed by atoms with E-state index in [1.54, 1.807) is 11.0 Å². The van der Waals surface area contributed by atoms with Crippen molar-refractivity contribution < 1.29 is 0 Å². The van der Waals surface area contributed by atoms with E-state index in [-0.39, 0.29) is 12.4 Å². The van der Waals surface area contributed by atoms with Crippen LogP contribution in [-0.4, -0.2) is 19.7 Å². The van der Waals surface area contributed by atoms with Gasteiger partial charge in [-0.3, -0.25) is 0 Å². The number of halogens is 1. The minimum atomic E-state index is 0. The summed E-state index contributed by atoms with van der Waals surface area (Å²) in [6, 6.07) is 18.5. The normalized spacial score (nSPS) is 10.5. The molecule has 2 heterocycles. The Morgan fingerprint density at radius 2 is 1.74 bits per heavy atom. The highest BCUT2D eigenvalue weighted by Gasteiger charge is 2.05. The first-order valence-electron chi connectivity index (χ1n) is 7.13. The first-order chi connectivity index (χ1) is 10.8. The van der Waals surface area contributed by atoms with Gasteiger partial charge in [-0.1, -0.05) is 30.3 Å². The van der Waals surface area contributed by atoms with Crippen LogP contribution < -0.4 is 0 Å². The number of nitrogens with zero attached hydrogens (tertiary/aromatic N) is 4. The largest absolute Gasteiger partial charge is 0.248 e. The lowest BCUT2D eigenvalue weighted by atomic mass is 10.0. The molecule has 0 fully saturated rings. The van der Waals surface area contributed by atoms with Gasteiger partial charge >= 0.3 is 0 Å². The van der Waals surface area contributed by atoms with Crippen LogP contribution in [0.2, 0.25) is 0 Å². The van der Waals surface area contributed by atoms with E-state index in [1.165, 1.54) is 17.3 Å². The zero-order valence-electron chi connectivity index (χ0n) is 12.5. The zero-order valence-corrected chi connectivity index (χ0v) is 13.4. The van der Waals surface area contributed by atoms with Crippen LogP contribution >= 0.6 is 12.4 Å². The van der Waals surface area contributed by atoms with Crippen molar-refractivity contribution in [2.75, 3.05) is 0 Å². The summed E-state index contributed by atoms with van der Waals surface area (Å²) >= 11 is 0. The molecular formula is C18H15ClN4. The second-order valence-electron chi connectivity index (χ2n) is 5.23. The molecule has 0 aliphatic heterocycles. The quantitative estimate of drug-likeness (QED) is 0.555. The Balaban J connectivity index is 0.00000156. The number of hydrogen-bond acceptors (Lipinski definition) is 3. The highest BCUT2D eigenvalue weighted by Crippen LogP contribution is 2.24. The van der Waals surface area contributed by atoms with E-state index in [0.29, 0.717) is 0 Å². The monoisotopic (exact) mass is 322 g/mol. The van der Waals surface area contributed by atoms with Crippen molar-refractivity contribution in [3.05, 3.63) is 72.8 Å². The first kappa shape index (κ1) is 15.2. The Bertz CT molecular complexity index is 931. The number of para-hydroxylation sites is 1. The Hall–Kier alpha value is -2.72. The van der Waals surface area contributed by atoms with Gasteiger partial charge in [0.15, 0.2) is 0 Å². The minimum absolute atomic E-state index is 0. The van der Waals surface area contributed by atoms with Crippen molar-refractivity contribution in [1.29, 1.82) is 0 Å². The van der Waals surface area contributed by atoms with Crippen LogP contribution in [0.4, 0.5) is 0 Å². The molecule has 0 saturated carbocycles. The van der Waals surface area contributed by atoms with E-state index in [2.05, 4.69) is 47.3 Å². The lowest BCUT2D eigenvalue weighted by Gasteiger charge is -2.07. The fourth-order valence-corrected chi connectivity index (χ4v) is 2.62. The van der Waals surface area contributed by atoms with Gasteiger partial charge in [0.25, 0.3) is 0 Å². The smallest absolute Gasteiger partial charge is 0.138 e. The van der Waals surface area contributed by atoms with Crippen LogP contribution in [0.15, 0.2) is 67.3 Å². The van der Waals surface area contributed by atoms with Crippen LogP contribution in [0.1, 0.15) is 5.56 Å². The highest BCUT2D eigenvalue weighted by atomic mass is 35.5. The number of aromatic nitrogens is 4. The number of pyridine rings is 1. The minimum Gasteiger partial charge on any atom is -0.248 e. The second-order valence-corrected chi connectivity index (χ2v) is 5.23. The summed E-state index contributed by atoms with van der Waals surface area (Å²) in [4.78, 5) is 8.73. The van der Waals surface area contributed by atoms with Crippen LogP contribution in [-0.2, 0) is 0 Å². The topological polar surface area (TPSA) is 43.6 Å². The summed E-state index contributed by atoms with van der Waals surface area (Å²) in [7, 11) is 0. The van der Waals surface area contributed by atoms with E-state index in [0.717, 1.165) is 22.5 Å². The van der Waals surface area contributed by atoms with Gasteiger partial charge in [-0.25, -0.2) is 14.6 Å². The predicted octanol–water partition coefficient (Wildman–Crippen LogP) is 4.21. The number of aryl methyl sites for hydroxylation is 1. The molecule has 5 heteroatoms. The predicted molar refractivity (Wildman–Crippen MR) is 94.1 cm³/mol. The van der Waals surface area contributed by atoms with Gasteiger partial charge in [0, 0.05) is 10.9 Å². The van der Waals surface area contributed by atoms with Gasteiger partial charge in [0.05, 0.1) is 16.9 Å². The number of rotatable bonds is 2. The third kappa shape index (κ3) is 2.81. The molecule has 2 aromatic carbocycles. The molecule has 0 aliphatic rings. The zero-order chi connectivity index (χ0) is 14.9. The summed E-state index contributed by atoms with van der Waals surface area (Å²) in [6.45, 7) is 2.12. The average Bonchev–Trinajstić information content (AvgIpc) is 3.09. The van der Waals surface area contributed by atoms with Crippen molar-refractivity contribution in [2.45, 2.75) is 6.92 Å². The van der Waals surface area contributed by atoms with Crippen LogP contribution in [0.3, 0.4) is 0 Å². The summed E-state index contributed by atoms with van der Waals surface area (Å²) in [5, 5.41) is 5.33. The standard InChI is InChI=1S/C18H14N4.ClH/c1-13-10-18(21-17-5-3-2-4-16(13)17)14-6-8-15(9-7-14)22-12-19-11-20-22;/h2-12H,1H3;1H. The molecule has 0 unspecified atom stereocenters. The summed E-state index contributed by atoms with van der Waals surface area (Å²) in [5.41, 5.74) is 5.33. The molecule has 0 saturated heterocycles. The molecule has 4 nitrogen and oxygen atoms in total. The van der Waals surface area contributed by atoms with Crippen molar-refractivity contribution in [3.63, 3.8) is 0 Å². The molecule has 0 aliphatic carbocycles. The lowest BCUT2D eigenvalue weighted by Crippen LogP contribution is -1.94.